The van der Waals surface area contributed by atoms with Gasteiger partial charge in [0.15, 0.2) is 6.29 Å². The minimum Gasteiger partial charge on any atom is -0.478 e. The van der Waals surface area contributed by atoms with E-state index in [4.69, 9.17) is 10.4 Å². The van der Waals surface area contributed by atoms with Crippen molar-refractivity contribution in [2.45, 2.75) is 6.92 Å². The van der Waals surface area contributed by atoms with Gasteiger partial charge in [0.25, 0.3) is 0 Å². The standard InChI is InChI=1S/C12H9NO3/c1-8-2-3-9(7-14)11(6-13)10(8)4-5-12(15)16/h2-5,7H,1H3,(H,15,16)/b5-4+. The van der Waals surface area contributed by atoms with E-state index in [-0.39, 0.29) is 11.1 Å². The average molecular weight is 215 g/mol. The Balaban J connectivity index is 3.41. The smallest absolute Gasteiger partial charge is 0.328 e. The van der Waals surface area contributed by atoms with Gasteiger partial charge in [-0.1, -0.05) is 12.1 Å². The topological polar surface area (TPSA) is 78.2 Å². The summed E-state index contributed by atoms with van der Waals surface area (Å²) in [6.07, 6.45) is 2.84. The number of hydrogen-bond donors (Lipinski definition) is 1. The highest BCUT2D eigenvalue weighted by atomic mass is 16.4. The first-order valence-electron chi connectivity index (χ1n) is 4.50. The normalized spacial score (nSPS) is 10.0. The van der Waals surface area contributed by atoms with Gasteiger partial charge in [0.05, 0.1) is 5.56 Å². The van der Waals surface area contributed by atoms with Gasteiger partial charge in [0.2, 0.25) is 0 Å². The maximum atomic E-state index is 10.7. The molecule has 0 aliphatic carbocycles. The highest BCUT2D eigenvalue weighted by Crippen LogP contribution is 2.18. The molecule has 0 radical (unpaired) electrons. The first kappa shape index (κ1) is 11.7. The molecule has 4 heteroatoms. The summed E-state index contributed by atoms with van der Waals surface area (Å²) in [6.45, 7) is 1.75. The fraction of sp³-hybridized carbons (Fsp3) is 0.0833. The second-order valence-electron chi connectivity index (χ2n) is 3.16. The van der Waals surface area contributed by atoms with E-state index in [0.29, 0.717) is 11.8 Å². The zero-order valence-corrected chi connectivity index (χ0v) is 8.60. The molecule has 0 fully saturated rings. The van der Waals surface area contributed by atoms with Crippen molar-refractivity contribution in [1.29, 1.82) is 5.26 Å². The molecule has 0 aliphatic heterocycles. The maximum absolute atomic E-state index is 10.7. The third-order valence-electron chi connectivity index (χ3n) is 2.13. The summed E-state index contributed by atoms with van der Waals surface area (Å²) in [5.74, 6) is -1.10. The van der Waals surface area contributed by atoms with Crippen molar-refractivity contribution in [2.75, 3.05) is 0 Å². The Bertz CT molecular complexity index is 510. The molecule has 0 aromatic heterocycles. The maximum Gasteiger partial charge on any atom is 0.328 e. The van der Waals surface area contributed by atoms with Gasteiger partial charge in [-0.15, -0.1) is 0 Å². The molecular formula is C12H9NO3. The largest absolute Gasteiger partial charge is 0.478 e. The Hall–Kier alpha value is -2.41. The van der Waals surface area contributed by atoms with E-state index >= 15 is 0 Å². The Morgan fingerprint density at radius 3 is 2.69 bits per heavy atom. The van der Waals surface area contributed by atoms with Crippen LogP contribution >= 0.6 is 0 Å². The lowest BCUT2D eigenvalue weighted by Gasteiger charge is -2.04. The summed E-state index contributed by atoms with van der Waals surface area (Å²) in [5.41, 5.74) is 1.68. The number of benzene rings is 1. The van der Waals surface area contributed by atoms with Crippen LogP contribution in [-0.4, -0.2) is 17.4 Å². The van der Waals surface area contributed by atoms with Gasteiger partial charge in [-0.2, -0.15) is 5.26 Å². The first-order valence-corrected chi connectivity index (χ1v) is 4.50. The molecular weight excluding hydrogens is 206 g/mol. The number of hydrogen-bond acceptors (Lipinski definition) is 3. The molecule has 0 saturated heterocycles. The van der Waals surface area contributed by atoms with Crippen LogP contribution in [0, 0.1) is 18.3 Å². The van der Waals surface area contributed by atoms with E-state index in [9.17, 15) is 9.59 Å². The van der Waals surface area contributed by atoms with Crippen LogP contribution in [0.15, 0.2) is 18.2 Å². The van der Waals surface area contributed by atoms with Gasteiger partial charge in [-0.25, -0.2) is 4.79 Å². The van der Waals surface area contributed by atoms with Crippen molar-refractivity contribution in [3.63, 3.8) is 0 Å². The Kier molecular flexibility index (Phi) is 3.57. The number of carboxylic acid groups (broad SMARTS) is 1. The van der Waals surface area contributed by atoms with Gasteiger partial charge in [-0.05, 0) is 24.1 Å². The van der Waals surface area contributed by atoms with Crippen molar-refractivity contribution in [1.82, 2.24) is 0 Å². The summed E-state index contributed by atoms with van der Waals surface area (Å²) in [4.78, 5) is 21.1. The predicted molar refractivity (Wildman–Crippen MR) is 58.0 cm³/mol. The van der Waals surface area contributed by atoms with Crippen LogP contribution < -0.4 is 0 Å². The number of carboxylic acids is 1. The Morgan fingerprint density at radius 1 is 1.50 bits per heavy atom. The molecule has 4 nitrogen and oxygen atoms in total. The molecule has 0 heterocycles. The van der Waals surface area contributed by atoms with E-state index in [1.54, 1.807) is 19.1 Å². The number of carbonyl (C=O) groups excluding carboxylic acids is 1. The van der Waals surface area contributed by atoms with Crippen molar-refractivity contribution < 1.29 is 14.7 Å². The number of carbonyl (C=O) groups is 2. The van der Waals surface area contributed by atoms with Gasteiger partial charge in [-0.3, -0.25) is 4.79 Å². The number of aliphatic carboxylic acids is 1. The highest BCUT2D eigenvalue weighted by Gasteiger charge is 2.08. The molecule has 0 atom stereocenters. The lowest BCUT2D eigenvalue weighted by Crippen LogP contribution is -1.95. The monoisotopic (exact) mass is 215 g/mol. The summed E-state index contributed by atoms with van der Waals surface area (Å²) < 4.78 is 0. The molecule has 1 N–H and O–H groups in total. The van der Waals surface area contributed by atoms with Gasteiger partial charge in [0.1, 0.15) is 6.07 Å². The molecule has 0 unspecified atom stereocenters. The molecule has 1 rings (SSSR count). The van der Waals surface area contributed by atoms with Crippen LogP contribution in [0.5, 0.6) is 0 Å². The number of aldehydes is 1. The predicted octanol–water partition coefficient (Wildman–Crippen LogP) is 1.78. The molecule has 0 aliphatic rings. The third-order valence-corrected chi connectivity index (χ3v) is 2.13. The molecule has 1 aromatic rings. The SMILES string of the molecule is Cc1ccc(C=O)c(C#N)c1/C=C/C(=O)O. The number of aryl methyl sites for hydroxylation is 1. The second-order valence-corrected chi connectivity index (χ2v) is 3.16. The highest BCUT2D eigenvalue weighted by molar-refractivity contribution is 5.88. The molecule has 0 bridgehead atoms. The van der Waals surface area contributed by atoms with Crippen LogP contribution in [0.1, 0.15) is 27.0 Å². The summed E-state index contributed by atoms with van der Waals surface area (Å²) in [7, 11) is 0. The summed E-state index contributed by atoms with van der Waals surface area (Å²) in [6, 6.07) is 5.12. The van der Waals surface area contributed by atoms with Crippen LogP contribution in [0.25, 0.3) is 6.08 Å². The number of nitriles is 1. The van der Waals surface area contributed by atoms with Crippen LogP contribution in [0.3, 0.4) is 0 Å². The fourth-order valence-electron chi connectivity index (χ4n) is 1.33. The van der Waals surface area contributed by atoms with Gasteiger partial charge >= 0.3 is 5.97 Å². The molecule has 16 heavy (non-hydrogen) atoms. The molecule has 80 valence electrons. The van der Waals surface area contributed by atoms with E-state index in [1.807, 2.05) is 6.07 Å². The zero-order chi connectivity index (χ0) is 12.1. The number of nitrogens with zero attached hydrogens (tertiary/aromatic N) is 1. The first-order chi connectivity index (χ1) is 7.60. The second kappa shape index (κ2) is 4.89. The molecule has 0 spiro atoms. The molecule has 0 saturated carbocycles. The molecule has 0 amide bonds. The van der Waals surface area contributed by atoms with E-state index in [0.717, 1.165) is 11.6 Å². The van der Waals surface area contributed by atoms with E-state index < -0.39 is 5.97 Å². The quantitative estimate of drug-likeness (QED) is 0.615. The minimum atomic E-state index is -1.10. The summed E-state index contributed by atoms with van der Waals surface area (Å²) >= 11 is 0. The van der Waals surface area contributed by atoms with E-state index in [1.165, 1.54) is 6.08 Å². The van der Waals surface area contributed by atoms with Crippen molar-refractivity contribution in [2.24, 2.45) is 0 Å². The lowest BCUT2D eigenvalue weighted by molar-refractivity contribution is -0.131. The number of rotatable bonds is 3. The lowest BCUT2D eigenvalue weighted by atomic mass is 9.97. The molecule has 1 aromatic carbocycles. The van der Waals surface area contributed by atoms with Gasteiger partial charge in [0, 0.05) is 11.6 Å². The third kappa shape index (κ3) is 2.34. The van der Waals surface area contributed by atoms with Crippen LogP contribution in [0.2, 0.25) is 0 Å². The van der Waals surface area contributed by atoms with Gasteiger partial charge < -0.3 is 5.11 Å². The van der Waals surface area contributed by atoms with Crippen molar-refractivity contribution in [3.8, 4) is 6.07 Å². The van der Waals surface area contributed by atoms with Crippen LogP contribution in [-0.2, 0) is 4.79 Å². The van der Waals surface area contributed by atoms with Crippen molar-refractivity contribution in [3.05, 3.63) is 40.5 Å². The Morgan fingerprint density at radius 2 is 2.19 bits per heavy atom. The fourth-order valence-corrected chi connectivity index (χ4v) is 1.33. The Labute approximate surface area is 92.4 Å². The summed E-state index contributed by atoms with van der Waals surface area (Å²) in [5, 5.41) is 17.4. The zero-order valence-electron chi connectivity index (χ0n) is 8.60. The van der Waals surface area contributed by atoms with Crippen LogP contribution in [0.4, 0.5) is 0 Å². The van der Waals surface area contributed by atoms with E-state index in [2.05, 4.69) is 0 Å². The minimum absolute atomic E-state index is 0.201. The average Bonchev–Trinajstić information content (AvgIpc) is 2.26. The van der Waals surface area contributed by atoms with Crippen molar-refractivity contribution >= 4 is 18.3 Å².